The number of aromatic nitrogens is 3. The number of amides is 1. The molecule has 2 aliphatic rings. The highest BCUT2D eigenvalue weighted by atomic mass is 16.5. The van der Waals surface area contributed by atoms with Gasteiger partial charge in [-0.2, -0.15) is 4.98 Å². The lowest BCUT2D eigenvalue weighted by Crippen LogP contribution is -2.43. The van der Waals surface area contributed by atoms with Crippen LogP contribution in [-0.4, -0.2) is 58.7 Å². The minimum absolute atomic E-state index is 0.123. The van der Waals surface area contributed by atoms with E-state index >= 15 is 0 Å². The molecule has 31 heavy (non-hydrogen) atoms. The zero-order chi connectivity index (χ0) is 21.0. The molecule has 4 heterocycles. The summed E-state index contributed by atoms with van der Waals surface area (Å²) >= 11 is 0. The number of nitrogens with one attached hydrogen (secondary N) is 2. The first-order valence-corrected chi connectivity index (χ1v) is 10.3. The van der Waals surface area contributed by atoms with Crippen LogP contribution in [0.3, 0.4) is 0 Å². The van der Waals surface area contributed by atoms with Crippen molar-refractivity contribution in [3.63, 3.8) is 0 Å². The van der Waals surface area contributed by atoms with Gasteiger partial charge in [0, 0.05) is 49.9 Å². The largest absolute Gasteiger partial charge is 0.455 e. The molecule has 2 aromatic heterocycles. The number of ether oxygens (including phenoxy) is 1. The van der Waals surface area contributed by atoms with Crippen LogP contribution in [0, 0.1) is 0 Å². The van der Waals surface area contributed by atoms with Crippen molar-refractivity contribution in [2.45, 2.75) is 6.54 Å². The summed E-state index contributed by atoms with van der Waals surface area (Å²) in [5, 5.41) is 6.54. The Hall–Kier alpha value is -3.72. The number of piperazine rings is 1. The Morgan fingerprint density at radius 2 is 1.90 bits per heavy atom. The van der Waals surface area contributed by atoms with Gasteiger partial charge in [-0.25, -0.2) is 4.98 Å². The average Bonchev–Trinajstić information content (AvgIpc) is 2.83. The second kappa shape index (κ2) is 8.57. The molecular weight excluding hydrogens is 394 g/mol. The van der Waals surface area contributed by atoms with Crippen LogP contribution >= 0.6 is 0 Å². The molecule has 5 rings (SSSR count). The van der Waals surface area contributed by atoms with Gasteiger partial charge in [0.1, 0.15) is 5.56 Å². The lowest BCUT2D eigenvalue weighted by molar-refractivity contribution is 0.0480. The second-order valence-corrected chi connectivity index (χ2v) is 7.42. The molecule has 1 aromatic carbocycles. The van der Waals surface area contributed by atoms with E-state index in [1.165, 1.54) is 11.9 Å². The summed E-state index contributed by atoms with van der Waals surface area (Å²) in [4.78, 5) is 29.7. The van der Waals surface area contributed by atoms with E-state index in [9.17, 15) is 4.79 Å². The maximum absolute atomic E-state index is 12.8. The molecule has 0 saturated carbocycles. The Kier molecular flexibility index (Phi) is 5.32. The fraction of sp³-hybridized carbons (Fsp3) is 0.273. The lowest BCUT2D eigenvalue weighted by atomic mass is 10.2. The summed E-state index contributed by atoms with van der Waals surface area (Å²) in [5.74, 6) is 0.510. The standard InChI is InChI=1S/C22H23N7O2/c30-21-19-13-25-22(26-16-4-6-18(7-5-16)28-11-9-23-10-12-28)27-20(19)31-15-29(21)14-17-3-1-2-8-24-17/h1-8,13,23H,9-12,14-15H2,(H,25,26,27). The minimum atomic E-state index is -0.168. The molecule has 9 heteroatoms. The van der Waals surface area contributed by atoms with E-state index in [2.05, 4.69) is 42.6 Å². The predicted molar refractivity (Wildman–Crippen MR) is 116 cm³/mol. The number of nitrogens with zero attached hydrogens (tertiary/aromatic N) is 5. The van der Waals surface area contributed by atoms with Crippen LogP contribution in [-0.2, 0) is 6.54 Å². The molecule has 3 aromatic rings. The zero-order valence-electron chi connectivity index (χ0n) is 17.0. The first-order valence-electron chi connectivity index (χ1n) is 10.3. The first kappa shape index (κ1) is 19.3. The molecule has 0 spiro atoms. The number of anilines is 3. The smallest absolute Gasteiger partial charge is 0.263 e. The Balaban J connectivity index is 1.26. The van der Waals surface area contributed by atoms with Gasteiger partial charge in [0.25, 0.3) is 5.91 Å². The monoisotopic (exact) mass is 417 g/mol. The van der Waals surface area contributed by atoms with E-state index in [-0.39, 0.29) is 18.5 Å². The molecule has 2 aliphatic heterocycles. The number of carbonyl (C=O) groups excluding carboxylic acids is 1. The molecule has 0 unspecified atom stereocenters. The number of fused-ring (bicyclic) bond motifs is 1. The van der Waals surface area contributed by atoms with Gasteiger partial charge in [-0.05, 0) is 36.4 Å². The fourth-order valence-electron chi connectivity index (χ4n) is 3.66. The highest BCUT2D eigenvalue weighted by molar-refractivity contribution is 5.97. The number of carbonyl (C=O) groups is 1. The third kappa shape index (κ3) is 4.26. The topological polar surface area (TPSA) is 95.5 Å². The highest BCUT2D eigenvalue weighted by Crippen LogP contribution is 2.26. The summed E-state index contributed by atoms with van der Waals surface area (Å²) < 4.78 is 5.73. The molecular formula is C22H23N7O2. The normalized spacial score (nSPS) is 15.9. The first-order chi connectivity index (χ1) is 15.3. The van der Waals surface area contributed by atoms with Gasteiger partial charge in [-0.3, -0.25) is 14.7 Å². The maximum Gasteiger partial charge on any atom is 0.263 e. The van der Waals surface area contributed by atoms with Crippen molar-refractivity contribution in [3.05, 3.63) is 66.1 Å². The van der Waals surface area contributed by atoms with Crippen molar-refractivity contribution in [2.24, 2.45) is 0 Å². The van der Waals surface area contributed by atoms with E-state index in [1.54, 1.807) is 11.1 Å². The van der Waals surface area contributed by atoms with Crippen LogP contribution in [0.5, 0.6) is 5.88 Å². The van der Waals surface area contributed by atoms with Crippen molar-refractivity contribution in [1.82, 2.24) is 25.2 Å². The van der Waals surface area contributed by atoms with Crippen LogP contribution in [0.1, 0.15) is 16.1 Å². The second-order valence-electron chi connectivity index (χ2n) is 7.42. The van der Waals surface area contributed by atoms with E-state index < -0.39 is 0 Å². The molecule has 9 nitrogen and oxygen atoms in total. The fourth-order valence-corrected chi connectivity index (χ4v) is 3.66. The number of hydrogen-bond donors (Lipinski definition) is 2. The summed E-state index contributed by atoms with van der Waals surface area (Å²) in [6, 6.07) is 13.8. The number of benzene rings is 1. The summed E-state index contributed by atoms with van der Waals surface area (Å²) in [6.45, 7) is 4.51. The quantitative estimate of drug-likeness (QED) is 0.651. The Morgan fingerprint density at radius 3 is 2.68 bits per heavy atom. The SMILES string of the molecule is O=C1c2cnc(Nc3ccc(N4CCNCC4)cc3)nc2OCN1Cc1ccccn1. The van der Waals surface area contributed by atoms with Gasteiger partial charge < -0.3 is 20.3 Å². The van der Waals surface area contributed by atoms with Crippen LogP contribution in [0.25, 0.3) is 0 Å². The van der Waals surface area contributed by atoms with Crippen LogP contribution in [0.4, 0.5) is 17.3 Å². The van der Waals surface area contributed by atoms with Crippen molar-refractivity contribution in [1.29, 1.82) is 0 Å². The summed E-state index contributed by atoms with van der Waals surface area (Å²) in [7, 11) is 0. The summed E-state index contributed by atoms with van der Waals surface area (Å²) in [6.07, 6.45) is 3.21. The third-order valence-electron chi connectivity index (χ3n) is 5.31. The van der Waals surface area contributed by atoms with Crippen LogP contribution in [0.2, 0.25) is 0 Å². The molecule has 0 aliphatic carbocycles. The molecule has 2 N–H and O–H groups in total. The predicted octanol–water partition coefficient (Wildman–Crippen LogP) is 2.02. The third-order valence-corrected chi connectivity index (χ3v) is 5.31. The van der Waals surface area contributed by atoms with Gasteiger partial charge in [0.05, 0.1) is 12.2 Å². The molecule has 1 fully saturated rings. The Bertz CT molecular complexity index is 1050. The van der Waals surface area contributed by atoms with E-state index in [4.69, 9.17) is 4.74 Å². The molecule has 158 valence electrons. The number of hydrogen-bond acceptors (Lipinski definition) is 8. The van der Waals surface area contributed by atoms with Crippen molar-refractivity contribution in [2.75, 3.05) is 43.1 Å². The van der Waals surface area contributed by atoms with Gasteiger partial charge in [-0.1, -0.05) is 6.07 Å². The van der Waals surface area contributed by atoms with Gasteiger partial charge >= 0.3 is 0 Å². The number of pyridine rings is 1. The summed E-state index contributed by atoms with van der Waals surface area (Å²) in [5.41, 5.74) is 3.21. The van der Waals surface area contributed by atoms with Crippen LogP contribution in [0.15, 0.2) is 54.9 Å². The van der Waals surface area contributed by atoms with Crippen LogP contribution < -0.4 is 20.3 Å². The lowest BCUT2D eigenvalue weighted by Gasteiger charge is -2.29. The molecule has 0 radical (unpaired) electrons. The zero-order valence-corrected chi connectivity index (χ0v) is 17.0. The maximum atomic E-state index is 12.8. The van der Waals surface area contributed by atoms with E-state index in [0.717, 1.165) is 37.6 Å². The van der Waals surface area contributed by atoms with Crippen molar-refractivity contribution >= 4 is 23.2 Å². The van der Waals surface area contributed by atoms with E-state index in [0.29, 0.717) is 18.1 Å². The van der Waals surface area contributed by atoms with E-state index in [1.807, 2.05) is 30.3 Å². The van der Waals surface area contributed by atoms with Crippen molar-refractivity contribution < 1.29 is 9.53 Å². The Labute approximate surface area is 180 Å². The van der Waals surface area contributed by atoms with Gasteiger partial charge in [0.15, 0.2) is 6.73 Å². The Morgan fingerprint density at radius 1 is 1.06 bits per heavy atom. The highest BCUT2D eigenvalue weighted by Gasteiger charge is 2.28. The molecule has 0 bridgehead atoms. The minimum Gasteiger partial charge on any atom is -0.455 e. The molecule has 0 atom stereocenters. The molecule has 1 saturated heterocycles. The molecule has 1 amide bonds. The van der Waals surface area contributed by atoms with Crippen molar-refractivity contribution in [3.8, 4) is 5.88 Å². The average molecular weight is 417 g/mol. The number of rotatable bonds is 5. The van der Waals surface area contributed by atoms with Gasteiger partial charge in [-0.15, -0.1) is 0 Å². The van der Waals surface area contributed by atoms with Gasteiger partial charge in [0.2, 0.25) is 11.8 Å².